The van der Waals surface area contributed by atoms with E-state index in [9.17, 15) is 16.8 Å². The molecule has 2 aromatic rings. The van der Waals surface area contributed by atoms with Gasteiger partial charge in [0.1, 0.15) is 11.5 Å². The fraction of sp³-hybridized carbons (Fsp3) is 0.250. The van der Waals surface area contributed by atoms with Crippen LogP contribution in [0.4, 0.5) is 0 Å². The molecule has 6 nitrogen and oxygen atoms in total. The Morgan fingerprint density at radius 1 is 0.680 bits per heavy atom. The van der Waals surface area contributed by atoms with Crippen molar-refractivity contribution in [3.63, 3.8) is 0 Å². The van der Waals surface area contributed by atoms with E-state index < -0.39 is 20.2 Å². The van der Waals surface area contributed by atoms with Crippen molar-refractivity contribution in [2.75, 3.05) is 12.5 Å². The van der Waals surface area contributed by atoms with Crippen LogP contribution in [0, 0.1) is 0 Å². The second-order valence-electron chi connectivity index (χ2n) is 5.36. The molecule has 2 aromatic carbocycles. The van der Waals surface area contributed by atoms with Crippen LogP contribution < -0.4 is 8.37 Å². The minimum absolute atomic E-state index is 0.290. The third kappa shape index (κ3) is 7.80. The second kappa shape index (κ2) is 8.11. The number of hydrogen-bond acceptors (Lipinski definition) is 7. The molecular weight excluding hydrogens is 384 g/mol. The van der Waals surface area contributed by atoms with Gasteiger partial charge in [0.2, 0.25) is 0 Å². The van der Waals surface area contributed by atoms with Gasteiger partial charge in [0.05, 0.1) is 12.5 Å². The van der Waals surface area contributed by atoms with E-state index in [-0.39, 0.29) is 11.5 Å². The summed E-state index contributed by atoms with van der Waals surface area (Å²) in [5.74, 6) is 2.08. The zero-order valence-electron chi connectivity index (χ0n) is 13.7. The van der Waals surface area contributed by atoms with Gasteiger partial charge in [-0.2, -0.15) is 28.6 Å². The van der Waals surface area contributed by atoms with Gasteiger partial charge in [0.25, 0.3) is 0 Å². The van der Waals surface area contributed by atoms with Crippen molar-refractivity contribution in [2.24, 2.45) is 0 Å². The molecule has 136 valence electrons. The molecule has 0 saturated heterocycles. The largest absolute Gasteiger partial charge is 0.383 e. The summed E-state index contributed by atoms with van der Waals surface area (Å²) < 4.78 is 53.8. The topological polar surface area (TPSA) is 86.7 Å². The lowest BCUT2D eigenvalue weighted by Gasteiger charge is -2.06. The minimum atomic E-state index is -3.51. The Hall–Kier alpha value is -1.71. The van der Waals surface area contributed by atoms with Gasteiger partial charge in [0.15, 0.2) is 0 Å². The fourth-order valence-corrected chi connectivity index (χ4v) is 3.80. The van der Waals surface area contributed by atoms with Crippen LogP contribution in [-0.2, 0) is 31.7 Å². The molecule has 0 atom stereocenters. The highest BCUT2D eigenvalue weighted by molar-refractivity contribution is 7.97. The highest BCUT2D eigenvalue weighted by Gasteiger charge is 2.05. The van der Waals surface area contributed by atoms with Crippen LogP contribution in [0.3, 0.4) is 0 Å². The summed E-state index contributed by atoms with van der Waals surface area (Å²) in [5.41, 5.74) is 2.09. The van der Waals surface area contributed by atoms with Gasteiger partial charge in [-0.1, -0.05) is 24.3 Å². The van der Waals surface area contributed by atoms with Crippen LogP contribution in [0.25, 0.3) is 0 Å². The van der Waals surface area contributed by atoms with Gasteiger partial charge in [-0.05, 0) is 35.4 Å². The van der Waals surface area contributed by atoms with Crippen LogP contribution in [-0.4, -0.2) is 29.3 Å². The maximum Gasteiger partial charge on any atom is 0.306 e. The molecular formula is C16H18O6S3. The third-order valence-electron chi connectivity index (χ3n) is 2.88. The summed E-state index contributed by atoms with van der Waals surface area (Å²) >= 11 is 1.68. The average molecular weight is 403 g/mol. The van der Waals surface area contributed by atoms with Gasteiger partial charge < -0.3 is 8.37 Å². The third-order valence-corrected chi connectivity index (χ3v) is 4.94. The van der Waals surface area contributed by atoms with Crippen LogP contribution in [0.5, 0.6) is 11.5 Å². The number of benzene rings is 2. The molecule has 0 unspecified atom stereocenters. The summed E-state index contributed by atoms with van der Waals surface area (Å²) in [7, 11) is -7.02. The molecule has 0 heterocycles. The molecule has 0 N–H and O–H groups in total. The lowest BCUT2D eigenvalue weighted by Crippen LogP contribution is -2.05. The zero-order valence-corrected chi connectivity index (χ0v) is 16.2. The van der Waals surface area contributed by atoms with Crippen molar-refractivity contribution >= 4 is 32.0 Å². The molecule has 0 bridgehead atoms. The van der Waals surface area contributed by atoms with Gasteiger partial charge in [-0.25, -0.2) is 0 Å². The molecule has 0 saturated carbocycles. The summed E-state index contributed by atoms with van der Waals surface area (Å²) in [6, 6.07) is 13.7. The van der Waals surface area contributed by atoms with E-state index in [0.717, 1.165) is 35.1 Å². The van der Waals surface area contributed by atoms with E-state index >= 15 is 0 Å². The number of thioether (sulfide) groups is 1. The van der Waals surface area contributed by atoms with E-state index in [1.165, 1.54) is 0 Å². The van der Waals surface area contributed by atoms with E-state index in [1.807, 2.05) is 24.3 Å². The van der Waals surface area contributed by atoms with Crippen molar-refractivity contribution in [3.8, 4) is 11.5 Å². The Balaban J connectivity index is 1.84. The first kappa shape index (κ1) is 19.6. The standard InChI is InChI=1S/C16H18O6S3/c1-24(17,18)21-15-7-3-13(4-8-15)11-23-12-14-5-9-16(10-6-14)22-25(2,19)20/h3-10H,11-12H2,1-2H3. The van der Waals surface area contributed by atoms with Crippen LogP contribution >= 0.6 is 11.8 Å². The Kier molecular flexibility index (Phi) is 6.36. The Morgan fingerprint density at radius 2 is 1.00 bits per heavy atom. The molecule has 0 aliphatic carbocycles. The maximum atomic E-state index is 11.0. The minimum Gasteiger partial charge on any atom is -0.383 e. The SMILES string of the molecule is CS(=O)(=O)Oc1ccc(CSCc2ccc(OS(C)(=O)=O)cc2)cc1. The van der Waals surface area contributed by atoms with E-state index in [1.54, 1.807) is 36.0 Å². The average Bonchev–Trinajstić information content (AvgIpc) is 2.48. The molecule has 0 aliphatic rings. The summed E-state index contributed by atoms with van der Waals surface area (Å²) in [6.45, 7) is 0. The molecule has 0 aliphatic heterocycles. The number of hydrogen-bond donors (Lipinski definition) is 0. The first-order valence-electron chi connectivity index (χ1n) is 7.15. The second-order valence-corrected chi connectivity index (χ2v) is 9.49. The first-order chi connectivity index (χ1) is 11.6. The van der Waals surface area contributed by atoms with Crippen LogP contribution in [0.1, 0.15) is 11.1 Å². The Morgan fingerprint density at radius 3 is 1.28 bits per heavy atom. The summed E-state index contributed by atoms with van der Waals surface area (Å²) in [6.07, 6.45) is 2.01. The lowest BCUT2D eigenvalue weighted by atomic mass is 10.2. The lowest BCUT2D eigenvalue weighted by molar-refractivity contribution is 0.491. The van der Waals surface area contributed by atoms with Crippen molar-refractivity contribution in [1.82, 2.24) is 0 Å². The monoisotopic (exact) mass is 402 g/mol. The van der Waals surface area contributed by atoms with Gasteiger partial charge >= 0.3 is 20.2 Å². The van der Waals surface area contributed by atoms with Crippen molar-refractivity contribution in [2.45, 2.75) is 11.5 Å². The van der Waals surface area contributed by atoms with Crippen LogP contribution in [0.15, 0.2) is 48.5 Å². The van der Waals surface area contributed by atoms with E-state index in [0.29, 0.717) is 0 Å². The highest BCUT2D eigenvalue weighted by Crippen LogP contribution is 2.22. The molecule has 0 amide bonds. The molecule has 9 heteroatoms. The van der Waals surface area contributed by atoms with Gasteiger partial charge in [-0.15, -0.1) is 0 Å². The summed E-state index contributed by atoms with van der Waals surface area (Å²) in [4.78, 5) is 0. The molecule has 0 spiro atoms. The molecule has 2 rings (SSSR count). The van der Waals surface area contributed by atoms with Gasteiger partial charge in [-0.3, -0.25) is 0 Å². The first-order valence-corrected chi connectivity index (χ1v) is 11.9. The highest BCUT2D eigenvalue weighted by atomic mass is 32.2. The molecule has 0 fully saturated rings. The summed E-state index contributed by atoms with van der Waals surface area (Å²) in [5, 5.41) is 0. The molecule has 25 heavy (non-hydrogen) atoms. The van der Waals surface area contributed by atoms with Crippen molar-refractivity contribution < 1.29 is 25.2 Å². The predicted molar refractivity (Wildman–Crippen MR) is 98.8 cm³/mol. The number of rotatable bonds is 8. The molecule has 0 radical (unpaired) electrons. The quantitative estimate of drug-likeness (QED) is 0.628. The Labute approximate surface area is 152 Å². The van der Waals surface area contributed by atoms with Crippen molar-refractivity contribution in [1.29, 1.82) is 0 Å². The van der Waals surface area contributed by atoms with Crippen molar-refractivity contribution in [3.05, 3.63) is 59.7 Å². The smallest absolute Gasteiger partial charge is 0.306 e. The predicted octanol–water partition coefficient (Wildman–Crippen LogP) is 2.80. The fourth-order valence-electron chi connectivity index (χ4n) is 1.92. The Bertz CT molecular complexity index is 824. The maximum absolute atomic E-state index is 11.0. The van der Waals surface area contributed by atoms with E-state index in [4.69, 9.17) is 8.37 Å². The zero-order chi connectivity index (χ0) is 18.5. The van der Waals surface area contributed by atoms with E-state index in [2.05, 4.69) is 0 Å². The normalized spacial score (nSPS) is 11.9. The molecule has 0 aromatic heterocycles. The van der Waals surface area contributed by atoms with Crippen LogP contribution in [0.2, 0.25) is 0 Å². The van der Waals surface area contributed by atoms with Gasteiger partial charge in [0, 0.05) is 11.5 Å².